The first-order chi connectivity index (χ1) is 5.29. The Balaban J connectivity index is 2.54. The van der Waals surface area contributed by atoms with Gasteiger partial charge in [-0.2, -0.15) is 0 Å². The molecule has 1 aliphatic carbocycles. The molecule has 0 saturated heterocycles. The lowest BCUT2D eigenvalue weighted by Gasteiger charge is -2.01. The SMILES string of the molecule is Cc1c(C2CC2)[nH]cnc1=S. The van der Waals surface area contributed by atoms with Crippen LogP contribution in [0.3, 0.4) is 0 Å². The molecule has 1 saturated carbocycles. The average Bonchev–Trinajstić information content (AvgIpc) is 2.77. The van der Waals surface area contributed by atoms with E-state index in [4.69, 9.17) is 12.2 Å². The number of nitrogens with one attached hydrogen (secondary N) is 1. The molecular formula is C8H10N2S. The summed E-state index contributed by atoms with van der Waals surface area (Å²) in [4.78, 5) is 7.17. The monoisotopic (exact) mass is 166 g/mol. The van der Waals surface area contributed by atoms with Crippen LogP contribution in [0.15, 0.2) is 6.33 Å². The second-order valence-corrected chi connectivity index (χ2v) is 3.41. The summed E-state index contributed by atoms with van der Waals surface area (Å²) in [5.74, 6) is 0.736. The maximum Gasteiger partial charge on any atom is 0.132 e. The molecule has 2 rings (SSSR count). The van der Waals surface area contributed by atoms with Crippen molar-refractivity contribution in [2.75, 3.05) is 0 Å². The molecule has 0 spiro atoms. The van der Waals surface area contributed by atoms with Crippen LogP contribution in [-0.4, -0.2) is 9.97 Å². The van der Waals surface area contributed by atoms with Crippen molar-refractivity contribution in [2.45, 2.75) is 25.7 Å². The molecule has 0 aromatic carbocycles. The number of H-pyrrole nitrogens is 1. The highest BCUT2D eigenvalue weighted by Gasteiger charge is 2.25. The van der Waals surface area contributed by atoms with Crippen LogP contribution in [0.2, 0.25) is 0 Å². The summed E-state index contributed by atoms with van der Waals surface area (Å²) in [6, 6.07) is 0. The van der Waals surface area contributed by atoms with Gasteiger partial charge in [0.1, 0.15) is 4.64 Å². The highest BCUT2D eigenvalue weighted by Crippen LogP contribution is 2.40. The molecule has 58 valence electrons. The van der Waals surface area contributed by atoms with E-state index in [2.05, 4.69) is 9.97 Å². The van der Waals surface area contributed by atoms with Gasteiger partial charge in [0.2, 0.25) is 0 Å². The molecule has 1 aliphatic rings. The molecule has 1 aromatic heterocycles. The molecule has 1 aromatic rings. The molecule has 0 amide bonds. The topological polar surface area (TPSA) is 28.7 Å². The molecule has 0 atom stereocenters. The van der Waals surface area contributed by atoms with E-state index in [0.717, 1.165) is 16.1 Å². The average molecular weight is 166 g/mol. The van der Waals surface area contributed by atoms with Gasteiger partial charge >= 0.3 is 0 Å². The summed E-state index contributed by atoms with van der Waals surface area (Å²) in [6.07, 6.45) is 4.30. The predicted molar refractivity (Wildman–Crippen MR) is 46.1 cm³/mol. The van der Waals surface area contributed by atoms with Gasteiger partial charge in [-0.25, -0.2) is 4.98 Å². The third-order valence-corrected chi connectivity index (χ3v) is 2.52. The van der Waals surface area contributed by atoms with Gasteiger partial charge in [-0.1, -0.05) is 12.2 Å². The molecule has 0 unspecified atom stereocenters. The Labute approximate surface area is 70.7 Å². The minimum absolute atomic E-state index is 0.736. The van der Waals surface area contributed by atoms with Crippen molar-refractivity contribution in [2.24, 2.45) is 0 Å². The summed E-state index contributed by atoms with van der Waals surface area (Å²) >= 11 is 5.06. The molecule has 3 heteroatoms. The van der Waals surface area contributed by atoms with Crippen LogP contribution in [0.25, 0.3) is 0 Å². The first kappa shape index (κ1) is 6.98. The largest absolute Gasteiger partial charge is 0.349 e. The second-order valence-electron chi connectivity index (χ2n) is 3.02. The van der Waals surface area contributed by atoms with Crippen molar-refractivity contribution in [3.63, 3.8) is 0 Å². The number of hydrogen-bond donors (Lipinski definition) is 1. The maximum atomic E-state index is 5.06. The van der Waals surface area contributed by atoms with Gasteiger partial charge in [-0.15, -0.1) is 0 Å². The van der Waals surface area contributed by atoms with Crippen molar-refractivity contribution in [3.8, 4) is 0 Å². The highest BCUT2D eigenvalue weighted by atomic mass is 32.1. The van der Waals surface area contributed by atoms with E-state index in [1.54, 1.807) is 6.33 Å². The van der Waals surface area contributed by atoms with Crippen LogP contribution in [0, 0.1) is 11.6 Å². The zero-order valence-corrected chi connectivity index (χ0v) is 7.24. The Morgan fingerprint density at radius 2 is 2.36 bits per heavy atom. The van der Waals surface area contributed by atoms with Crippen molar-refractivity contribution in [3.05, 3.63) is 22.2 Å². The quantitative estimate of drug-likeness (QED) is 0.649. The van der Waals surface area contributed by atoms with Gasteiger partial charge in [0, 0.05) is 11.3 Å². The van der Waals surface area contributed by atoms with E-state index in [-0.39, 0.29) is 0 Å². The summed E-state index contributed by atoms with van der Waals surface area (Å²) in [5.41, 5.74) is 2.45. The number of aromatic amines is 1. The molecule has 1 heterocycles. The third-order valence-electron chi connectivity index (χ3n) is 2.11. The van der Waals surface area contributed by atoms with Crippen molar-refractivity contribution >= 4 is 12.2 Å². The maximum absolute atomic E-state index is 5.06. The van der Waals surface area contributed by atoms with Crippen molar-refractivity contribution in [1.29, 1.82) is 0 Å². The van der Waals surface area contributed by atoms with Gasteiger partial charge in [0.05, 0.1) is 6.33 Å². The predicted octanol–water partition coefficient (Wildman–Crippen LogP) is 2.33. The Morgan fingerprint density at radius 1 is 1.64 bits per heavy atom. The van der Waals surface area contributed by atoms with Gasteiger partial charge in [-0.05, 0) is 25.7 Å². The Morgan fingerprint density at radius 3 is 3.00 bits per heavy atom. The summed E-state index contributed by atoms with van der Waals surface area (Å²) in [5, 5.41) is 0. The normalized spacial score (nSPS) is 16.8. The van der Waals surface area contributed by atoms with Crippen LogP contribution in [0.4, 0.5) is 0 Å². The highest BCUT2D eigenvalue weighted by molar-refractivity contribution is 7.71. The minimum Gasteiger partial charge on any atom is -0.349 e. The van der Waals surface area contributed by atoms with E-state index in [1.807, 2.05) is 6.92 Å². The smallest absolute Gasteiger partial charge is 0.132 e. The molecule has 2 nitrogen and oxygen atoms in total. The summed E-state index contributed by atoms with van der Waals surface area (Å²) < 4.78 is 0.741. The summed E-state index contributed by atoms with van der Waals surface area (Å²) in [6.45, 7) is 2.04. The lowest BCUT2D eigenvalue weighted by molar-refractivity contribution is 0.951. The lowest BCUT2D eigenvalue weighted by Crippen LogP contribution is -1.93. The van der Waals surface area contributed by atoms with Crippen LogP contribution >= 0.6 is 12.2 Å². The first-order valence-corrected chi connectivity index (χ1v) is 4.24. The van der Waals surface area contributed by atoms with Gasteiger partial charge in [0.25, 0.3) is 0 Å². The lowest BCUT2D eigenvalue weighted by atomic mass is 10.2. The molecule has 1 N–H and O–H groups in total. The van der Waals surface area contributed by atoms with E-state index in [1.165, 1.54) is 18.5 Å². The van der Waals surface area contributed by atoms with Crippen LogP contribution in [0.5, 0.6) is 0 Å². The molecule has 0 bridgehead atoms. The fourth-order valence-electron chi connectivity index (χ4n) is 1.28. The van der Waals surface area contributed by atoms with Gasteiger partial charge in [0.15, 0.2) is 0 Å². The van der Waals surface area contributed by atoms with Gasteiger partial charge in [-0.3, -0.25) is 0 Å². The molecule has 0 aliphatic heterocycles. The van der Waals surface area contributed by atoms with Crippen molar-refractivity contribution in [1.82, 2.24) is 9.97 Å². The zero-order valence-electron chi connectivity index (χ0n) is 6.42. The van der Waals surface area contributed by atoms with E-state index in [9.17, 15) is 0 Å². The first-order valence-electron chi connectivity index (χ1n) is 3.83. The number of rotatable bonds is 1. The summed E-state index contributed by atoms with van der Waals surface area (Å²) in [7, 11) is 0. The van der Waals surface area contributed by atoms with E-state index < -0.39 is 0 Å². The number of hydrogen-bond acceptors (Lipinski definition) is 2. The Bertz CT molecular complexity index is 325. The molecular weight excluding hydrogens is 156 g/mol. The number of aromatic nitrogens is 2. The molecule has 1 fully saturated rings. The fourth-order valence-corrected chi connectivity index (χ4v) is 1.44. The Hall–Kier alpha value is -0.700. The van der Waals surface area contributed by atoms with Crippen LogP contribution < -0.4 is 0 Å². The Kier molecular flexibility index (Phi) is 1.53. The van der Waals surface area contributed by atoms with Crippen LogP contribution in [0.1, 0.15) is 30.0 Å². The van der Waals surface area contributed by atoms with Gasteiger partial charge < -0.3 is 4.98 Å². The zero-order chi connectivity index (χ0) is 7.84. The fraction of sp³-hybridized carbons (Fsp3) is 0.500. The number of nitrogens with zero attached hydrogens (tertiary/aromatic N) is 1. The van der Waals surface area contributed by atoms with Crippen molar-refractivity contribution < 1.29 is 0 Å². The minimum atomic E-state index is 0.736. The molecule has 11 heavy (non-hydrogen) atoms. The third kappa shape index (κ3) is 1.20. The van der Waals surface area contributed by atoms with E-state index >= 15 is 0 Å². The van der Waals surface area contributed by atoms with E-state index in [0.29, 0.717) is 0 Å². The second kappa shape index (κ2) is 2.41. The van der Waals surface area contributed by atoms with Crippen LogP contribution in [-0.2, 0) is 0 Å². The standard InChI is InChI=1S/C8H10N2S/c1-5-7(6-2-3-6)9-4-10-8(5)11/h4,6H,2-3H2,1H3,(H,9,10,11). The molecule has 0 radical (unpaired) electrons.